The van der Waals surface area contributed by atoms with Crippen LogP contribution in [0.25, 0.3) is 0 Å². The maximum Gasteiger partial charge on any atom is 0.169 e. The lowest BCUT2D eigenvalue weighted by molar-refractivity contribution is -0.141. The van der Waals surface area contributed by atoms with Crippen molar-refractivity contribution in [3.8, 4) is 0 Å². The zero-order chi connectivity index (χ0) is 11.1. The van der Waals surface area contributed by atoms with Crippen LogP contribution in [0.2, 0.25) is 0 Å². The molecule has 0 N–H and O–H groups in total. The first kappa shape index (κ1) is 9.11. The Morgan fingerprint density at radius 1 is 1.56 bits per heavy atom. The molecule has 0 unspecified atom stereocenters. The fraction of sp³-hybridized carbons (Fsp3) is 0.692. The van der Waals surface area contributed by atoms with Gasteiger partial charge >= 0.3 is 0 Å². The number of rotatable bonds is 2. The number of Topliss-reactive ketones (excluding diaryl/α,β-unsaturated/α-hetero) is 2. The summed E-state index contributed by atoms with van der Waals surface area (Å²) in [4.78, 5) is 24.5. The van der Waals surface area contributed by atoms with Gasteiger partial charge in [-0.1, -0.05) is 19.1 Å². The molecule has 0 radical (unpaired) electrons. The second kappa shape index (κ2) is 2.48. The zero-order valence-corrected chi connectivity index (χ0v) is 9.18. The number of hydrogen-bond acceptors (Lipinski definition) is 3. The lowest BCUT2D eigenvalue weighted by atomic mass is 9.66. The molecule has 16 heavy (non-hydrogen) atoms. The molecule has 4 aliphatic rings. The number of allylic oxidation sites excluding steroid dienone is 2. The highest BCUT2D eigenvalue weighted by Crippen LogP contribution is 2.68. The lowest BCUT2D eigenvalue weighted by Crippen LogP contribution is -2.45. The average molecular weight is 218 g/mol. The van der Waals surface area contributed by atoms with E-state index in [1.54, 1.807) is 0 Å². The van der Waals surface area contributed by atoms with Gasteiger partial charge in [-0.05, 0) is 18.3 Å². The fourth-order valence-electron chi connectivity index (χ4n) is 4.46. The molecular weight excluding hydrogens is 204 g/mol. The molecule has 1 aliphatic heterocycles. The summed E-state index contributed by atoms with van der Waals surface area (Å²) >= 11 is 0. The summed E-state index contributed by atoms with van der Waals surface area (Å²) in [5.74, 6) is 0.954. The van der Waals surface area contributed by atoms with Crippen LogP contribution in [0.15, 0.2) is 12.2 Å². The first-order chi connectivity index (χ1) is 7.71. The van der Waals surface area contributed by atoms with Gasteiger partial charge in [0.05, 0.1) is 5.41 Å². The van der Waals surface area contributed by atoms with E-state index >= 15 is 0 Å². The minimum absolute atomic E-state index is 0.0568. The molecule has 2 bridgehead atoms. The zero-order valence-electron chi connectivity index (χ0n) is 9.18. The van der Waals surface area contributed by atoms with E-state index in [0.717, 1.165) is 6.42 Å². The standard InChI is InChI=1S/C13H14O3/c1-2-8(14)13-7-4-3-6(5-7)9(13)10(15)11-12(13)16-11/h3-4,6-7,9,11-12H,2,5H2,1H3/t6-,7+,9+,11+,12-,13-/m0/s1. The van der Waals surface area contributed by atoms with Crippen molar-refractivity contribution in [2.24, 2.45) is 23.2 Å². The number of hydrogen-bond donors (Lipinski definition) is 0. The minimum atomic E-state index is -0.462. The topological polar surface area (TPSA) is 46.7 Å². The Kier molecular flexibility index (Phi) is 1.41. The van der Waals surface area contributed by atoms with E-state index in [-0.39, 0.29) is 35.6 Å². The van der Waals surface area contributed by atoms with E-state index in [9.17, 15) is 9.59 Å². The molecular formula is C13H14O3. The van der Waals surface area contributed by atoms with Gasteiger partial charge in [0.2, 0.25) is 0 Å². The van der Waals surface area contributed by atoms with Gasteiger partial charge in [-0.2, -0.15) is 0 Å². The largest absolute Gasteiger partial charge is 0.360 e. The smallest absolute Gasteiger partial charge is 0.169 e. The van der Waals surface area contributed by atoms with Gasteiger partial charge in [0, 0.05) is 12.3 Å². The predicted octanol–water partition coefficient (Wildman–Crippen LogP) is 1.12. The fourth-order valence-corrected chi connectivity index (χ4v) is 4.46. The van der Waals surface area contributed by atoms with Crippen LogP contribution < -0.4 is 0 Å². The van der Waals surface area contributed by atoms with Gasteiger partial charge in [-0.25, -0.2) is 0 Å². The second-order valence-corrected chi connectivity index (χ2v) is 5.46. The maximum atomic E-state index is 12.3. The molecule has 0 aromatic rings. The van der Waals surface area contributed by atoms with Crippen molar-refractivity contribution in [3.63, 3.8) is 0 Å². The monoisotopic (exact) mass is 218 g/mol. The highest BCUT2D eigenvalue weighted by atomic mass is 16.6. The SMILES string of the molecule is CCC(=O)[C@@]12[C@@H]3C=C[C@@H](C3)[C@@H]1C(=O)[C@H]1O[C@@H]12. The number of ketones is 2. The van der Waals surface area contributed by atoms with Gasteiger partial charge in [0.25, 0.3) is 0 Å². The van der Waals surface area contributed by atoms with Crippen LogP contribution in [0.3, 0.4) is 0 Å². The number of carbonyl (C=O) groups excluding carboxylic acids is 2. The van der Waals surface area contributed by atoms with Crippen molar-refractivity contribution in [3.05, 3.63) is 12.2 Å². The Hall–Kier alpha value is -0.960. The number of carbonyl (C=O) groups is 2. The molecule has 4 rings (SSSR count). The Balaban J connectivity index is 1.90. The summed E-state index contributed by atoms with van der Waals surface area (Å²) < 4.78 is 5.45. The third-order valence-electron chi connectivity index (χ3n) is 5.03. The van der Waals surface area contributed by atoms with Crippen LogP contribution in [0.5, 0.6) is 0 Å². The Labute approximate surface area is 93.8 Å². The summed E-state index contributed by atoms with van der Waals surface area (Å²) in [5, 5.41) is 0. The quantitative estimate of drug-likeness (QED) is 0.515. The van der Waals surface area contributed by atoms with Crippen molar-refractivity contribution < 1.29 is 14.3 Å². The molecule has 2 saturated carbocycles. The average Bonchev–Trinajstić information content (AvgIpc) is 2.73. The molecule has 0 aromatic heterocycles. The van der Waals surface area contributed by atoms with Crippen molar-refractivity contribution in [1.29, 1.82) is 0 Å². The highest BCUT2D eigenvalue weighted by Gasteiger charge is 2.79. The number of ether oxygens (including phenoxy) is 1. The van der Waals surface area contributed by atoms with Crippen molar-refractivity contribution in [2.75, 3.05) is 0 Å². The maximum absolute atomic E-state index is 12.3. The van der Waals surface area contributed by atoms with Crippen LogP contribution in [-0.4, -0.2) is 23.8 Å². The van der Waals surface area contributed by atoms with Gasteiger partial charge in [0.1, 0.15) is 18.0 Å². The molecule has 1 saturated heterocycles. The predicted molar refractivity (Wildman–Crippen MR) is 55.6 cm³/mol. The van der Waals surface area contributed by atoms with Crippen LogP contribution in [0.1, 0.15) is 19.8 Å². The molecule has 0 spiro atoms. The summed E-state index contributed by atoms with van der Waals surface area (Å²) in [5.41, 5.74) is -0.462. The van der Waals surface area contributed by atoms with E-state index in [4.69, 9.17) is 4.74 Å². The molecule has 3 fully saturated rings. The molecule has 3 aliphatic carbocycles. The highest BCUT2D eigenvalue weighted by molar-refractivity contribution is 6.03. The summed E-state index contributed by atoms with van der Waals surface area (Å²) in [7, 11) is 0. The van der Waals surface area contributed by atoms with Gasteiger partial charge < -0.3 is 4.74 Å². The Morgan fingerprint density at radius 2 is 2.38 bits per heavy atom. The molecule has 3 nitrogen and oxygen atoms in total. The number of fused-ring (bicyclic) bond motifs is 7. The summed E-state index contributed by atoms with van der Waals surface area (Å²) in [6.07, 6.45) is 5.45. The lowest BCUT2D eigenvalue weighted by Gasteiger charge is -2.35. The molecule has 3 heteroatoms. The van der Waals surface area contributed by atoms with Crippen molar-refractivity contribution in [2.45, 2.75) is 32.0 Å². The summed E-state index contributed by atoms with van der Waals surface area (Å²) in [6, 6.07) is 0. The van der Waals surface area contributed by atoms with Crippen LogP contribution in [-0.2, 0) is 14.3 Å². The first-order valence-corrected chi connectivity index (χ1v) is 6.12. The van der Waals surface area contributed by atoms with Crippen molar-refractivity contribution in [1.82, 2.24) is 0 Å². The molecule has 84 valence electrons. The second-order valence-electron chi connectivity index (χ2n) is 5.46. The molecule has 6 atom stereocenters. The van der Waals surface area contributed by atoms with E-state index in [0.29, 0.717) is 12.3 Å². The van der Waals surface area contributed by atoms with Crippen molar-refractivity contribution >= 4 is 11.6 Å². The van der Waals surface area contributed by atoms with E-state index in [2.05, 4.69) is 12.2 Å². The van der Waals surface area contributed by atoms with Gasteiger partial charge in [-0.15, -0.1) is 0 Å². The van der Waals surface area contributed by atoms with E-state index < -0.39 is 5.41 Å². The molecule has 0 amide bonds. The Morgan fingerprint density at radius 3 is 3.12 bits per heavy atom. The Bertz CT molecular complexity index is 438. The number of epoxide rings is 1. The molecule has 1 heterocycles. The van der Waals surface area contributed by atoms with Crippen LogP contribution in [0, 0.1) is 23.2 Å². The first-order valence-electron chi connectivity index (χ1n) is 6.12. The normalized spacial score (nSPS) is 55.3. The van der Waals surface area contributed by atoms with E-state index in [1.165, 1.54) is 0 Å². The van der Waals surface area contributed by atoms with Crippen LogP contribution in [0.4, 0.5) is 0 Å². The van der Waals surface area contributed by atoms with E-state index in [1.807, 2.05) is 6.92 Å². The summed E-state index contributed by atoms with van der Waals surface area (Å²) in [6.45, 7) is 1.89. The van der Waals surface area contributed by atoms with Crippen LogP contribution >= 0.6 is 0 Å². The van der Waals surface area contributed by atoms with Gasteiger partial charge in [-0.3, -0.25) is 9.59 Å². The molecule has 0 aromatic carbocycles. The third kappa shape index (κ3) is 0.698. The third-order valence-corrected chi connectivity index (χ3v) is 5.03. The minimum Gasteiger partial charge on any atom is -0.360 e. The van der Waals surface area contributed by atoms with Gasteiger partial charge in [0.15, 0.2) is 5.78 Å².